The first-order valence-corrected chi connectivity index (χ1v) is 5.33. The molecule has 1 aromatic heterocycles. The highest BCUT2D eigenvalue weighted by Crippen LogP contribution is 2.04. The lowest BCUT2D eigenvalue weighted by atomic mass is 10.3. The van der Waals surface area contributed by atoms with Crippen LogP contribution < -0.4 is 16.6 Å². The fourth-order valence-electron chi connectivity index (χ4n) is 1.32. The van der Waals surface area contributed by atoms with Crippen LogP contribution in [0.5, 0.6) is 0 Å². The van der Waals surface area contributed by atoms with E-state index in [2.05, 4.69) is 5.32 Å². The molecule has 0 radical (unpaired) electrons. The Bertz CT molecular complexity index is 376. The van der Waals surface area contributed by atoms with Crippen molar-refractivity contribution >= 4 is 5.69 Å². The molecule has 0 saturated carbocycles. The Morgan fingerprint density at radius 3 is 2.94 bits per heavy atom. The van der Waals surface area contributed by atoms with Crippen LogP contribution in [0.3, 0.4) is 0 Å². The van der Waals surface area contributed by atoms with Crippen molar-refractivity contribution < 1.29 is 4.74 Å². The molecular formula is C11H19N3O2. The van der Waals surface area contributed by atoms with Crippen molar-refractivity contribution in [3.8, 4) is 0 Å². The molecule has 3 N–H and O–H groups in total. The van der Waals surface area contributed by atoms with Gasteiger partial charge in [-0.05, 0) is 13.0 Å². The molecule has 5 heteroatoms. The monoisotopic (exact) mass is 225 g/mol. The van der Waals surface area contributed by atoms with Crippen molar-refractivity contribution in [2.75, 3.05) is 25.6 Å². The van der Waals surface area contributed by atoms with E-state index in [0.29, 0.717) is 19.7 Å². The van der Waals surface area contributed by atoms with Crippen LogP contribution in [0.25, 0.3) is 0 Å². The Labute approximate surface area is 95.2 Å². The van der Waals surface area contributed by atoms with Crippen molar-refractivity contribution in [3.63, 3.8) is 0 Å². The van der Waals surface area contributed by atoms with E-state index in [9.17, 15) is 4.79 Å². The summed E-state index contributed by atoms with van der Waals surface area (Å²) in [4.78, 5) is 11.5. The predicted octanol–water partition coefficient (Wildman–Crippen LogP) is 0.254. The molecule has 5 nitrogen and oxygen atoms in total. The maximum absolute atomic E-state index is 11.5. The van der Waals surface area contributed by atoms with E-state index < -0.39 is 0 Å². The first kappa shape index (κ1) is 12.7. The van der Waals surface area contributed by atoms with Crippen LogP contribution in [-0.2, 0) is 11.3 Å². The minimum absolute atomic E-state index is 0.0250. The summed E-state index contributed by atoms with van der Waals surface area (Å²) in [5.74, 6) is 0. The van der Waals surface area contributed by atoms with Crippen LogP contribution in [0.15, 0.2) is 23.1 Å². The van der Waals surface area contributed by atoms with E-state index in [1.807, 2.05) is 6.92 Å². The van der Waals surface area contributed by atoms with Gasteiger partial charge in [-0.1, -0.05) is 0 Å². The van der Waals surface area contributed by atoms with Gasteiger partial charge in [0.05, 0.1) is 12.3 Å². The number of aromatic nitrogens is 1. The van der Waals surface area contributed by atoms with Crippen LogP contribution in [-0.4, -0.2) is 30.9 Å². The summed E-state index contributed by atoms with van der Waals surface area (Å²) in [6.07, 6.45) is 1.79. The van der Waals surface area contributed by atoms with Gasteiger partial charge in [-0.25, -0.2) is 0 Å². The molecule has 1 heterocycles. The third kappa shape index (κ3) is 3.67. The fraction of sp³-hybridized carbons (Fsp3) is 0.545. The summed E-state index contributed by atoms with van der Waals surface area (Å²) < 4.78 is 6.56. The van der Waals surface area contributed by atoms with Gasteiger partial charge in [-0.3, -0.25) is 4.79 Å². The quantitative estimate of drug-likeness (QED) is 0.728. The Hall–Kier alpha value is -1.33. The molecule has 0 bridgehead atoms. The Kier molecular flexibility index (Phi) is 5.01. The number of anilines is 1. The molecule has 16 heavy (non-hydrogen) atoms. The molecule has 0 aromatic carbocycles. The van der Waals surface area contributed by atoms with Crippen LogP contribution in [0.4, 0.5) is 5.69 Å². The molecule has 0 aliphatic heterocycles. The largest absolute Gasteiger partial charge is 0.383 e. The highest BCUT2D eigenvalue weighted by molar-refractivity contribution is 5.41. The number of nitrogens with one attached hydrogen (secondary N) is 1. The number of nitrogens with zero attached hydrogens (tertiary/aromatic N) is 1. The molecule has 0 aliphatic rings. The molecule has 0 fully saturated rings. The van der Waals surface area contributed by atoms with Gasteiger partial charge in [0.15, 0.2) is 0 Å². The molecule has 1 rings (SSSR count). The molecule has 0 amide bonds. The minimum atomic E-state index is -0.0250. The highest BCUT2D eigenvalue weighted by Gasteiger charge is 2.01. The van der Waals surface area contributed by atoms with Gasteiger partial charge in [-0.15, -0.1) is 0 Å². The number of hydrogen-bond acceptors (Lipinski definition) is 4. The second-order valence-corrected chi connectivity index (χ2v) is 3.72. The second-order valence-electron chi connectivity index (χ2n) is 3.72. The highest BCUT2D eigenvalue weighted by atomic mass is 16.5. The summed E-state index contributed by atoms with van der Waals surface area (Å²) in [6, 6.07) is 3.49. The number of nitrogens with two attached hydrogens (primary N) is 1. The summed E-state index contributed by atoms with van der Waals surface area (Å²) in [6.45, 7) is 3.62. The summed E-state index contributed by atoms with van der Waals surface area (Å²) >= 11 is 0. The first-order valence-electron chi connectivity index (χ1n) is 5.33. The van der Waals surface area contributed by atoms with Crippen LogP contribution in [0, 0.1) is 0 Å². The maximum atomic E-state index is 11.5. The fourth-order valence-corrected chi connectivity index (χ4v) is 1.32. The average molecular weight is 225 g/mol. The van der Waals surface area contributed by atoms with E-state index in [-0.39, 0.29) is 11.6 Å². The second kappa shape index (κ2) is 6.30. The van der Waals surface area contributed by atoms with Crippen LogP contribution in [0.2, 0.25) is 0 Å². The first-order chi connectivity index (χ1) is 7.67. The predicted molar refractivity (Wildman–Crippen MR) is 64.7 cm³/mol. The van der Waals surface area contributed by atoms with Crippen molar-refractivity contribution in [1.82, 2.24) is 4.57 Å². The Morgan fingerprint density at radius 1 is 1.56 bits per heavy atom. The Balaban J connectivity index is 2.76. The number of pyridine rings is 1. The standard InChI is InChI=1S/C11H19N3O2/c1-9(7-12)13-10-3-4-11(15)14(8-10)5-6-16-2/h3-4,8-9,13H,5-7,12H2,1-2H3. The SMILES string of the molecule is COCCn1cc(NC(C)CN)ccc1=O. The number of methoxy groups -OCH3 is 1. The van der Waals surface area contributed by atoms with Gasteiger partial charge in [-0.2, -0.15) is 0 Å². The van der Waals surface area contributed by atoms with E-state index in [4.69, 9.17) is 10.5 Å². The van der Waals surface area contributed by atoms with Crippen molar-refractivity contribution in [3.05, 3.63) is 28.7 Å². The zero-order chi connectivity index (χ0) is 12.0. The summed E-state index contributed by atoms with van der Waals surface area (Å²) in [5.41, 5.74) is 6.39. The number of rotatable bonds is 6. The molecule has 1 atom stereocenters. The van der Waals surface area contributed by atoms with E-state index in [1.165, 1.54) is 0 Å². The van der Waals surface area contributed by atoms with Crippen LogP contribution in [0.1, 0.15) is 6.92 Å². The molecule has 0 saturated heterocycles. The normalized spacial score (nSPS) is 12.4. The van der Waals surface area contributed by atoms with Gasteiger partial charge in [0.2, 0.25) is 0 Å². The lowest BCUT2D eigenvalue weighted by molar-refractivity contribution is 0.186. The van der Waals surface area contributed by atoms with Gasteiger partial charge >= 0.3 is 0 Å². The molecule has 1 aromatic rings. The average Bonchev–Trinajstić information content (AvgIpc) is 2.29. The van der Waals surface area contributed by atoms with Gasteiger partial charge in [0, 0.05) is 38.5 Å². The third-order valence-corrected chi connectivity index (χ3v) is 2.29. The van der Waals surface area contributed by atoms with Gasteiger partial charge in [0.25, 0.3) is 5.56 Å². The van der Waals surface area contributed by atoms with Gasteiger partial charge < -0.3 is 20.4 Å². The van der Waals surface area contributed by atoms with Crippen molar-refractivity contribution in [1.29, 1.82) is 0 Å². The summed E-state index contributed by atoms with van der Waals surface area (Å²) in [7, 11) is 1.61. The smallest absolute Gasteiger partial charge is 0.250 e. The zero-order valence-electron chi connectivity index (χ0n) is 9.77. The van der Waals surface area contributed by atoms with Crippen molar-refractivity contribution in [2.45, 2.75) is 19.5 Å². The van der Waals surface area contributed by atoms with Crippen LogP contribution >= 0.6 is 0 Å². The number of ether oxygens (including phenoxy) is 1. The molecule has 1 unspecified atom stereocenters. The maximum Gasteiger partial charge on any atom is 0.250 e. The van der Waals surface area contributed by atoms with Crippen molar-refractivity contribution in [2.24, 2.45) is 5.73 Å². The topological polar surface area (TPSA) is 69.3 Å². The number of hydrogen-bond donors (Lipinski definition) is 2. The van der Waals surface area contributed by atoms with E-state index in [1.54, 1.807) is 30.0 Å². The van der Waals surface area contributed by atoms with Gasteiger partial charge in [0.1, 0.15) is 0 Å². The minimum Gasteiger partial charge on any atom is -0.383 e. The summed E-state index contributed by atoms with van der Waals surface area (Å²) in [5, 5.41) is 3.21. The van der Waals surface area contributed by atoms with E-state index >= 15 is 0 Å². The molecule has 0 spiro atoms. The Morgan fingerprint density at radius 2 is 2.31 bits per heavy atom. The van der Waals surface area contributed by atoms with E-state index in [0.717, 1.165) is 5.69 Å². The zero-order valence-corrected chi connectivity index (χ0v) is 9.77. The molecule has 0 aliphatic carbocycles. The molecular weight excluding hydrogens is 206 g/mol. The lowest BCUT2D eigenvalue weighted by Crippen LogP contribution is -2.27. The molecule has 90 valence electrons. The third-order valence-electron chi connectivity index (χ3n) is 2.29. The lowest BCUT2D eigenvalue weighted by Gasteiger charge is -2.14.